The third-order valence-corrected chi connectivity index (χ3v) is 12.2. The Morgan fingerprint density at radius 1 is 0.725 bits per heavy atom. The minimum Gasteiger partial charge on any atom is -0.481 e. The Kier molecular flexibility index (Phi) is 12.0. The largest absolute Gasteiger partial charge is 0.481 e. The molecule has 0 fully saturated rings. The van der Waals surface area contributed by atoms with Gasteiger partial charge in [-0.2, -0.15) is 0 Å². The zero-order valence-electron chi connectivity index (χ0n) is 29.9. The van der Waals surface area contributed by atoms with Crippen LogP contribution in [0.3, 0.4) is 0 Å². The molecule has 0 aliphatic carbocycles. The van der Waals surface area contributed by atoms with Crippen LogP contribution in [0.5, 0.6) is 0 Å². The normalized spacial score (nSPS) is 17.9. The lowest BCUT2D eigenvalue weighted by Crippen LogP contribution is -2.60. The predicted molar refractivity (Wildman–Crippen MR) is 175 cm³/mol. The van der Waals surface area contributed by atoms with Gasteiger partial charge >= 0.3 is 11.9 Å². The molecule has 40 heavy (non-hydrogen) atoms. The van der Waals surface area contributed by atoms with Crippen molar-refractivity contribution >= 4 is 27.6 Å². The number of carboxylic acid groups (broad SMARTS) is 2. The first-order valence-electron chi connectivity index (χ1n) is 15.4. The van der Waals surface area contributed by atoms with Gasteiger partial charge in [0.2, 0.25) is 0 Å². The number of carbonyl (C=O) groups is 2. The SMILES string of the molecule is BC(C(B)C(C)(C)CC(C)(C)C)C(C(CC(=O)O)C(=O)O)C(C)(C)C(C)(C)C(C)(C)OC(C)(C)C(C)(C)C(C)C. The van der Waals surface area contributed by atoms with Crippen molar-refractivity contribution in [2.24, 2.45) is 44.8 Å². The Morgan fingerprint density at radius 3 is 1.48 bits per heavy atom. The van der Waals surface area contributed by atoms with Crippen LogP contribution in [0.25, 0.3) is 0 Å². The first-order valence-corrected chi connectivity index (χ1v) is 15.4. The van der Waals surface area contributed by atoms with Crippen molar-refractivity contribution in [1.29, 1.82) is 0 Å². The van der Waals surface area contributed by atoms with E-state index in [0.29, 0.717) is 5.92 Å². The zero-order chi connectivity index (χ0) is 32.7. The molecule has 5 nitrogen and oxygen atoms in total. The summed E-state index contributed by atoms with van der Waals surface area (Å²) in [4.78, 5) is 24.9. The summed E-state index contributed by atoms with van der Waals surface area (Å²) in [6.07, 6.45) is 0.579. The van der Waals surface area contributed by atoms with Crippen molar-refractivity contribution in [3.05, 3.63) is 0 Å². The Labute approximate surface area is 250 Å². The van der Waals surface area contributed by atoms with Crippen molar-refractivity contribution in [2.75, 3.05) is 0 Å². The molecule has 4 atom stereocenters. The van der Waals surface area contributed by atoms with E-state index in [1.807, 2.05) is 0 Å². The van der Waals surface area contributed by atoms with E-state index in [2.05, 4.69) is 133 Å². The Morgan fingerprint density at radius 2 is 1.15 bits per heavy atom. The highest BCUT2D eigenvalue weighted by molar-refractivity contribution is 6.22. The summed E-state index contributed by atoms with van der Waals surface area (Å²) in [5.74, 6) is -3.05. The average Bonchev–Trinajstić information content (AvgIpc) is 2.68. The summed E-state index contributed by atoms with van der Waals surface area (Å²) in [6, 6.07) is 0. The quantitative estimate of drug-likeness (QED) is 0.203. The van der Waals surface area contributed by atoms with Gasteiger partial charge in [0.1, 0.15) is 15.7 Å². The molecule has 0 aromatic carbocycles. The first-order chi connectivity index (χ1) is 17.3. The van der Waals surface area contributed by atoms with Crippen LogP contribution in [0.4, 0.5) is 0 Å². The standard InChI is InChI=1S/C33H66B2O5/c1-20(2)29(8,9)32(14,15)40-33(16,17)31(12,13)30(10,11)23(21(26(38)39)18-22(36)37)24(34)25(35)28(6,7)19-27(3,4)5/h20-21,23-25H,18-19,34-35H2,1-17H3,(H,36,37)(H,38,39). The Balaban J connectivity index is 7.11. The van der Waals surface area contributed by atoms with Gasteiger partial charge in [0.25, 0.3) is 0 Å². The monoisotopic (exact) mass is 565 g/mol. The van der Waals surface area contributed by atoms with Gasteiger partial charge in [0, 0.05) is 0 Å². The summed E-state index contributed by atoms with van der Waals surface area (Å²) < 4.78 is 7.08. The van der Waals surface area contributed by atoms with Crippen molar-refractivity contribution in [1.82, 2.24) is 0 Å². The second-order valence-electron chi connectivity index (χ2n) is 17.8. The molecule has 0 aliphatic heterocycles. The van der Waals surface area contributed by atoms with Crippen LogP contribution < -0.4 is 0 Å². The van der Waals surface area contributed by atoms with Crippen LogP contribution in [0, 0.1) is 44.8 Å². The van der Waals surface area contributed by atoms with Crippen molar-refractivity contribution in [2.45, 2.75) is 153 Å². The van der Waals surface area contributed by atoms with Gasteiger partial charge in [-0.15, -0.1) is 0 Å². The molecule has 0 amide bonds. The molecule has 0 bridgehead atoms. The number of carboxylic acids is 2. The fourth-order valence-electron chi connectivity index (χ4n) is 7.42. The summed E-state index contributed by atoms with van der Waals surface area (Å²) in [7, 11) is 4.37. The van der Waals surface area contributed by atoms with E-state index in [9.17, 15) is 19.8 Å². The highest BCUT2D eigenvalue weighted by Crippen LogP contribution is 2.62. The summed E-state index contributed by atoms with van der Waals surface area (Å²) in [6.45, 7) is 37.3. The number of hydrogen-bond donors (Lipinski definition) is 2. The van der Waals surface area contributed by atoms with Crippen molar-refractivity contribution in [3.63, 3.8) is 0 Å². The summed E-state index contributed by atoms with van der Waals surface area (Å²) >= 11 is 0. The highest BCUT2D eigenvalue weighted by Gasteiger charge is 2.59. The number of aliphatic carboxylic acids is 2. The number of ether oxygens (including phenoxy) is 1. The smallest absolute Gasteiger partial charge is 0.307 e. The fourth-order valence-corrected chi connectivity index (χ4v) is 7.42. The minimum absolute atomic E-state index is 0.0528. The maximum atomic E-state index is 12.8. The molecule has 0 aromatic heterocycles. The summed E-state index contributed by atoms with van der Waals surface area (Å²) in [5.41, 5.74) is -2.32. The molecule has 234 valence electrons. The molecular formula is C33H66B2O5. The second-order valence-corrected chi connectivity index (χ2v) is 17.8. The average molecular weight is 565 g/mol. The van der Waals surface area contributed by atoms with E-state index in [1.54, 1.807) is 0 Å². The van der Waals surface area contributed by atoms with E-state index in [1.165, 1.54) is 0 Å². The van der Waals surface area contributed by atoms with Crippen LogP contribution >= 0.6 is 0 Å². The molecule has 4 unspecified atom stereocenters. The Hall–Kier alpha value is -0.970. The molecule has 0 spiro atoms. The lowest BCUT2D eigenvalue weighted by molar-refractivity contribution is -0.248. The highest BCUT2D eigenvalue weighted by atomic mass is 16.5. The summed E-state index contributed by atoms with van der Waals surface area (Å²) in [5, 5.41) is 20.4. The van der Waals surface area contributed by atoms with Crippen molar-refractivity contribution in [3.8, 4) is 0 Å². The molecule has 0 radical (unpaired) electrons. The third-order valence-electron chi connectivity index (χ3n) is 12.2. The maximum absolute atomic E-state index is 12.8. The molecule has 0 saturated carbocycles. The molecule has 2 N–H and O–H groups in total. The molecule has 0 aromatic rings. The zero-order valence-corrected chi connectivity index (χ0v) is 29.9. The van der Waals surface area contributed by atoms with Crippen LogP contribution in [-0.2, 0) is 14.3 Å². The minimum atomic E-state index is -1.07. The lowest BCUT2D eigenvalue weighted by Gasteiger charge is -2.61. The van der Waals surface area contributed by atoms with Gasteiger partial charge in [0.05, 0.1) is 23.5 Å². The van der Waals surface area contributed by atoms with Gasteiger partial charge in [-0.05, 0) is 73.0 Å². The topological polar surface area (TPSA) is 83.8 Å². The van der Waals surface area contributed by atoms with E-state index in [4.69, 9.17) is 4.74 Å². The third kappa shape index (κ3) is 8.32. The van der Waals surface area contributed by atoms with Gasteiger partial charge in [-0.25, -0.2) is 0 Å². The van der Waals surface area contributed by atoms with E-state index in [-0.39, 0.29) is 27.9 Å². The van der Waals surface area contributed by atoms with Crippen LogP contribution in [0.15, 0.2) is 0 Å². The van der Waals surface area contributed by atoms with E-state index < -0.39 is 52.2 Å². The predicted octanol–water partition coefficient (Wildman–Crippen LogP) is 7.39. The number of rotatable bonds is 15. The molecule has 0 heterocycles. The molecule has 0 rings (SSSR count). The molecule has 0 aliphatic rings. The maximum Gasteiger partial charge on any atom is 0.307 e. The molecule has 0 saturated heterocycles. The second kappa shape index (κ2) is 12.3. The van der Waals surface area contributed by atoms with E-state index >= 15 is 0 Å². The van der Waals surface area contributed by atoms with Crippen LogP contribution in [0.2, 0.25) is 11.6 Å². The van der Waals surface area contributed by atoms with Gasteiger partial charge in [-0.3, -0.25) is 9.59 Å². The van der Waals surface area contributed by atoms with Crippen molar-refractivity contribution < 1.29 is 24.5 Å². The fraction of sp³-hybridized carbons (Fsp3) is 0.939. The van der Waals surface area contributed by atoms with Gasteiger partial charge in [0.15, 0.2) is 0 Å². The lowest BCUT2D eigenvalue weighted by atomic mass is 9.42. The van der Waals surface area contributed by atoms with Gasteiger partial charge in [-0.1, -0.05) is 102 Å². The van der Waals surface area contributed by atoms with Gasteiger partial charge < -0.3 is 14.9 Å². The molecule has 7 heteroatoms. The number of hydrogen-bond acceptors (Lipinski definition) is 3. The molecular weight excluding hydrogens is 498 g/mol. The first kappa shape index (κ1) is 39.0. The van der Waals surface area contributed by atoms with Crippen LogP contribution in [0.1, 0.15) is 131 Å². The van der Waals surface area contributed by atoms with E-state index in [0.717, 1.165) is 6.42 Å². The van der Waals surface area contributed by atoms with Crippen LogP contribution in [-0.4, -0.2) is 49.0 Å². The Bertz CT molecular complexity index is 878.